The van der Waals surface area contributed by atoms with Crippen LogP contribution in [0.4, 0.5) is 0 Å². The number of aromatic nitrogens is 2. The molecule has 3 aromatic rings. The standard InChI is InChI=1S/C20H17BrN4O2/c21-17-4-2-15(3-5-17)19-7-6-18(27-19)12-16(13-22)20(26)24-8-1-10-25-11-9-23-14-25/h2-7,9,11-12,14H,1,8,10H2,(H,24,26)/b16-12+. The molecule has 1 amide bonds. The summed E-state index contributed by atoms with van der Waals surface area (Å²) in [5, 5.41) is 12.0. The number of amides is 1. The van der Waals surface area contributed by atoms with E-state index in [-0.39, 0.29) is 5.57 Å². The fraction of sp³-hybridized carbons (Fsp3) is 0.150. The summed E-state index contributed by atoms with van der Waals surface area (Å²) >= 11 is 3.39. The highest BCUT2D eigenvalue weighted by Crippen LogP contribution is 2.25. The summed E-state index contributed by atoms with van der Waals surface area (Å²) in [7, 11) is 0. The number of nitriles is 1. The Morgan fingerprint density at radius 2 is 2.11 bits per heavy atom. The lowest BCUT2D eigenvalue weighted by Crippen LogP contribution is -2.26. The van der Waals surface area contributed by atoms with Crippen molar-refractivity contribution >= 4 is 27.9 Å². The zero-order chi connectivity index (χ0) is 19.1. The Kier molecular flexibility index (Phi) is 6.23. The van der Waals surface area contributed by atoms with E-state index in [1.165, 1.54) is 6.08 Å². The maximum Gasteiger partial charge on any atom is 0.262 e. The molecule has 0 atom stereocenters. The van der Waals surface area contributed by atoms with Crippen molar-refractivity contribution < 1.29 is 9.21 Å². The second kappa shape index (κ2) is 9.01. The van der Waals surface area contributed by atoms with Crippen LogP contribution in [0, 0.1) is 11.3 Å². The van der Waals surface area contributed by atoms with E-state index < -0.39 is 5.91 Å². The van der Waals surface area contributed by atoms with Gasteiger partial charge in [0, 0.05) is 41.6 Å². The maximum atomic E-state index is 12.2. The lowest BCUT2D eigenvalue weighted by Gasteiger charge is -2.04. The van der Waals surface area contributed by atoms with Gasteiger partial charge in [-0.25, -0.2) is 4.98 Å². The summed E-state index contributed by atoms with van der Waals surface area (Å²) in [4.78, 5) is 16.1. The van der Waals surface area contributed by atoms with Crippen LogP contribution in [0.3, 0.4) is 0 Å². The number of benzene rings is 1. The number of hydrogen-bond acceptors (Lipinski definition) is 4. The highest BCUT2D eigenvalue weighted by molar-refractivity contribution is 9.10. The van der Waals surface area contributed by atoms with Crippen LogP contribution in [0.1, 0.15) is 12.2 Å². The maximum absolute atomic E-state index is 12.2. The average Bonchev–Trinajstić information content (AvgIpc) is 3.36. The van der Waals surface area contributed by atoms with Crippen LogP contribution >= 0.6 is 15.9 Å². The Hall–Kier alpha value is -3.11. The smallest absolute Gasteiger partial charge is 0.262 e. The van der Waals surface area contributed by atoms with Crippen molar-refractivity contribution in [3.63, 3.8) is 0 Å². The van der Waals surface area contributed by atoms with Gasteiger partial charge in [-0.3, -0.25) is 4.79 Å². The highest BCUT2D eigenvalue weighted by atomic mass is 79.9. The molecule has 1 N–H and O–H groups in total. The largest absolute Gasteiger partial charge is 0.457 e. The molecule has 3 rings (SSSR count). The van der Waals surface area contributed by atoms with Gasteiger partial charge in [0.1, 0.15) is 23.2 Å². The van der Waals surface area contributed by atoms with E-state index in [1.807, 2.05) is 47.2 Å². The molecule has 0 saturated heterocycles. The Morgan fingerprint density at radius 3 is 2.81 bits per heavy atom. The SMILES string of the molecule is N#C/C(=C\c1ccc(-c2ccc(Br)cc2)o1)C(=O)NCCCn1ccnc1. The second-order valence-electron chi connectivity index (χ2n) is 5.79. The number of carbonyl (C=O) groups is 1. The van der Waals surface area contributed by atoms with Crippen LogP contribution in [0.5, 0.6) is 0 Å². The lowest BCUT2D eigenvalue weighted by molar-refractivity contribution is -0.117. The van der Waals surface area contributed by atoms with Crippen LogP contribution in [-0.2, 0) is 11.3 Å². The zero-order valence-electron chi connectivity index (χ0n) is 14.4. The molecule has 7 heteroatoms. The molecule has 0 spiro atoms. The molecule has 2 aromatic heterocycles. The molecule has 136 valence electrons. The minimum atomic E-state index is -0.412. The van der Waals surface area contributed by atoms with E-state index in [0.29, 0.717) is 18.1 Å². The van der Waals surface area contributed by atoms with Gasteiger partial charge in [0.2, 0.25) is 0 Å². The number of furan rings is 1. The normalized spacial score (nSPS) is 11.2. The fourth-order valence-electron chi connectivity index (χ4n) is 2.47. The summed E-state index contributed by atoms with van der Waals surface area (Å²) < 4.78 is 8.64. The number of carbonyl (C=O) groups excluding carboxylic acids is 1. The van der Waals surface area contributed by atoms with Crippen LogP contribution < -0.4 is 5.32 Å². The van der Waals surface area contributed by atoms with Crippen LogP contribution in [0.25, 0.3) is 17.4 Å². The molecule has 0 radical (unpaired) electrons. The molecule has 6 nitrogen and oxygen atoms in total. The Balaban J connectivity index is 1.59. The molecule has 0 aliphatic rings. The summed E-state index contributed by atoms with van der Waals surface area (Å²) in [6, 6.07) is 13.2. The van der Waals surface area contributed by atoms with Gasteiger partial charge in [0.05, 0.1) is 6.33 Å². The molecule has 0 saturated carbocycles. The van der Waals surface area contributed by atoms with Crippen molar-refractivity contribution in [1.29, 1.82) is 5.26 Å². The summed E-state index contributed by atoms with van der Waals surface area (Å²) in [5.74, 6) is 0.717. The van der Waals surface area contributed by atoms with E-state index in [1.54, 1.807) is 18.6 Å². The van der Waals surface area contributed by atoms with Crippen LogP contribution in [0.15, 0.2) is 69.6 Å². The number of nitrogens with one attached hydrogen (secondary N) is 1. The first kappa shape index (κ1) is 18.7. The minimum Gasteiger partial charge on any atom is -0.457 e. The average molecular weight is 425 g/mol. The number of hydrogen-bond donors (Lipinski definition) is 1. The molecular weight excluding hydrogens is 408 g/mol. The highest BCUT2D eigenvalue weighted by Gasteiger charge is 2.10. The zero-order valence-corrected chi connectivity index (χ0v) is 16.0. The summed E-state index contributed by atoms with van der Waals surface area (Å²) in [6.45, 7) is 1.22. The predicted octanol–water partition coefficient (Wildman–Crippen LogP) is 4.02. The van der Waals surface area contributed by atoms with E-state index in [2.05, 4.69) is 26.2 Å². The Morgan fingerprint density at radius 1 is 1.30 bits per heavy atom. The van der Waals surface area contributed by atoms with Crippen molar-refractivity contribution in [3.8, 4) is 17.4 Å². The first-order valence-electron chi connectivity index (χ1n) is 8.37. The van der Waals surface area contributed by atoms with Gasteiger partial charge < -0.3 is 14.3 Å². The third-order valence-electron chi connectivity index (χ3n) is 3.85. The van der Waals surface area contributed by atoms with Gasteiger partial charge >= 0.3 is 0 Å². The third-order valence-corrected chi connectivity index (χ3v) is 4.37. The predicted molar refractivity (Wildman–Crippen MR) is 105 cm³/mol. The molecule has 27 heavy (non-hydrogen) atoms. The Labute approximate surface area is 165 Å². The Bertz CT molecular complexity index is 966. The number of imidazole rings is 1. The van der Waals surface area contributed by atoms with Gasteiger partial charge in [-0.1, -0.05) is 28.1 Å². The van der Waals surface area contributed by atoms with Crippen molar-refractivity contribution in [2.45, 2.75) is 13.0 Å². The number of rotatable bonds is 7. The second-order valence-corrected chi connectivity index (χ2v) is 6.70. The number of halogens is 1. The first-order valence-corrected chi connectivity index (χ1v) is 9.16. The molecule has 1 aromatic carbocycles. The molecule has 0 unspecified atom stereocenters. The van der Waals surface area contributed by atoms with Crippen LogP contribution in [-0.4, -0.2) is 22.0 Å². The van der Waals surface area contributed by atoms with Crippen LogP contribution in [0.2, 0.25) is 0 Å². The first-order chi connectivity index (χ1) is 13.2. The lowest BCUT2D eigenvalue weighted by atomic mass is 10.2. The summed E-state index contributed by atoms with van der Waals surface area (Å²) in [5.41, 5.74) is 0.926. The van der Waals surface area contributed by atoms with Crippen molar-refractivity contribution in [2.24, 2.45) is 0 Å². The topological polar surface area (TPSA) is 83.9 Å². The van der Waals surface area contributed by atoms with Gasteiger partial charge in [-0.15, -0.1) is 0 Å². The summed E-state index contributed by atoms with van der Waals surface area (Å²) in [6.07, 6.45) is 7.49. The van der Waals surface area contributed by atoms with E-state index in [9.17, 15) is 10.1 Å². The molecule has 0 fully saturated rings. The van der Waals surface area contributed by atoms with Crippen molar-refractivity contribution in [2.75, 3.05) is 6.54 Å². The minimum absolute atomic E-state index is 0.00865. The van der Waals surface area contributed by atoms with Gasteiger partial charge in [0.25, 0.3) is 5.91 Å². The molecule has 0 aliphatic carbocycles. The van der Waals surface area contributed by atoms with Gasteiger partial charge in [-0.2, -0.15) is 5.26 Å². The molecule has 2 heterocycles. The van der Waals surface area contributed by atoms with E-state index in [4.69, 9.17) is 4.42 Å². The number of nitrogens with zero attached hydrogens (tertiary/aromatic N) is 3. The monoisotopic (exact) mass is 424 g/mol. The van der Waals surface area contributed by atoms with Gasteiger partial charge in [-0.05, 0) is 30.7 Å². The van der Waals surface area contributed by atoms with E-state index in [0.717, 1.165) is 23.0 Å². The van der Waals surface area contributed by atoms with E-state index >= 15 is 0 Å². The number of aryl methyl sites for hydroxylation is 1. The van der Waals surface area contributed by atoms with Crippen molar-refractivity contribution in [1.82, 2.24) is 14.9 Å². The van der Waals surface area contributed by atoms with Crippen molar-refractivity contribution in [3.05, 3.63) is 70.9 Å². The quantitative estimate of drug-likeness (QED) is 0.352. The molecule has 0 bridgehead atoms. The third kappa shape index (κ3) is 5.19. The molecule has 0 aliphatic heterocycles. The van der Waals surface area contributed by atoms with Gasteiger partial charge in [0.15, 0.2) is 0 Å². The molecular formula is C20H17BrN4O2. The fourth-order valence-corrected chi connectivity index (χ4v) is 2.73.